The van der Waals surface area contributed by atoms with Gasteiger partial charge in [-0.05, 0) is 26.0 Å². The van der Waals surface area contributed by atoms with Crippen LogP contribution in [0.1, 0.15) is 142 Å². The van der Waals surface area contributed by atoms with E-state index in [0.29, 0.717) is 0 Å². The van der Waals surface area contributed by atoms with Crippen LogP contribution in [0, 0.1) is 0 Å². The van der Waals surface area contributed by atoms with Crippen LogP contribution in [0.25, 0.3) is 0 Å². The van der Waals surface area contributed by atoms with E-state index in [0.717, 1.165) is 6.54 Å². The van der Waals surface area contributed by atoms with Crippen LogP contribution in [0.3, 0.4) is 0 Å². The smallest absolute Gasteiger partial charge is 0.0112 e. The Hall–Kier alpha value is -0.460. The highest BCUT2D eigenvalue weighted by atomic mass is 14.8. The first-order chi connectivity index (χ1) is 12.9. The van der Waals surface area contributed by atoms with Gasteiger partial charge in [0.05, 0.1) is 0 Å². The summed E-state index contributed by atoms with van der Waals surface area (Å²) in [6.07, 6.45) is 33.3. The molecular formula is C25H51N. The van der Waals surface area contributed by atoms with Crippen molar-refractivity contribution in [1.82, 2.24) is 5.32 Å². The van der Waals surface area contributed by atoms with Gasteiger partial charge in [-0.25, -0.2) is 0 Å². The van der Waals surface area contributed by atoms with Crippen molar-refractivity contribution in [2.75, 3.05) is 6.54 Å². The molecule has 0 atom stereocenters. The summed E-state index contributed by atoms with van der Waals surface area (Å²) in [4.78, 5) is 0. The van der Waals surface area contributed by atoms with Gasteiger partial charge >= 0.3 is 0 Å². The lowest BCUT2D eigenvalue weighted by Gasteiger charge is -2.03. The largest absolute Gasteiger partial charge is 0.391 e. The number of rotatable bonds is 22. The van der Waals surface area contributed by atoms with E-state index in [4.69, 9.17) is 0 Å². The molecule has 0 fully saturated rings. The number of hydrogen-bond donors (Lipinski definition) is 1. The second-order valence-electron chi connectivity index (χ2n) is 8.11. The van der Waals surface area contributed by atoms with Crippen LogP contribution in [-0.2, 0) is 0 Å². The van der Waals surface area contributed by atoms with Gasteiger partial charge in [0.25, 0.3) is 0 Å². The fourth-order valence-corrected chi connectivity index (χ4v) is 3.63. The highest BCUT2D eigenvalue weighted by Crippen LogP contribution is 2.14. The molecule has 0 aliphatic heterocycles. The minimum Gasteiger partial charge on any atom is -0.391 e. The third-order valence-electron chi connectivity index (χ3n) is 5.41. The Balaban J connectivity index is 2.99. The maximum Gasteiger partial charge on any atom is 0.0112 e. The molecule has 0 aliphatic rings. The molecule has 0 aromatic rings. The average molecular weight is 366 g/mol. The zero-order chi connectivity index (χ0) is 19.0. The average Bonchev–Trinajstić information content (AvgIpc) is 2.66. The lowest BCUT2D eigenvalue weighted by molar-refractivity contribution is 0.523. The normalized spacial score (nSPS) is 11.5. The molecule has 0 spiro atoms. The summed E-state index contributed by atoms with van der Waals surface area (Å²) in [7, 11) is 0. The lowest BCUT2D eigenvalue weighted by Crippen LogP contribution is -2.01. The van der Waals surface area contributed by atoms with Gasteiger partial charge in [-0.2, -0.15) is 0 Å². The van der Waals surface area contributed by atoms with Crippen LogP contribution in [-0.4, -0.2) is 6.54 Å². The molecule has 0 bridgehead atoms. The van der Waals surface area contributed by atoms with E-state index in [1.165, 1.54) is 128 Å². The van der Waals surface area contributed by atoms with Crippen LogP contribution in [0.5, 0.6) is 0 Å². The maximum atomic E-state index is 3.23. The van der Waals surface area contributed by atoms with Crippen molar-refractivity contribution >= 4 is 0 Å². The molecule has 0 unspecified atom stereocenters. The third kappa shape index (κ3) is 23.5. The van der Waals surface area contributed by atoms with Gasteiger partial charge in [0.15, 0.2) is 0 Å². The highest BCUT2D eigenvalue weighted by molar-refractivity contribution is 4.78. The summed E-state index contributed by atoms with van der Waals surface area (Å²) < 4.78 is 0. The quantitative estimate of drug-likeness (QED) is 0.189. The third-order valence-corrected chi connectivity index (χ3v) is 5.41. The van der Waals surface area contributed by atoms with Crippen molar-refractivity contribution in [3.8, 4) is 0 Å². The molecule has 1 nitrogen and oxygen atoms in total. The van der Waals surface area contributed by atoms with E-state index in [2.05, 4.69) is 31.4 Å². The van der Waals surface area contributed by atoms with E-state index in [-0.39, 0.29) is 0 Å². The minimum atomic E-state index is 1.04. The van der Waals surface area contributed by atoms with Crippen molar-refractivity contribution in [1.29, 1.82) is 0 Å². The molecule has 0 radical (unpaired) electrons. The van der Waals surface area contributed by atoms with Gasteiger partial charge in [-0.3, -0.25) is 0 Å². The number of unbranched alkanes of at least 4 members (excludes halogenated alkanes) is 19. The van der Waals surface area contributed by atoms with Gasteiger partial charge in [-0.1, -0.05) is 129 Å². The van der Waals surface area contributed by atoms with Gasteiger partial charge in [0.2, 0.25) is 0 Å². The van der Waals surface area contributed by atoms with Gasteiger partial charge in [-0.15, -0.1) is 0 Å². The van der Waals surface area contributed by atoms with Crippen molar-refractivity contribution in [3.05, 3.63) is 12.3 Å². The lowest BCUT2D eigenvalue weighted by atomic mass is 10.0. The maximum absolute atomic E-state index is 3.23. The first-order valence-electron chi connectivity index (χ1n) is 12.3. The van der Waals surface area contributed by atoms with E-state index in [9.17, 15) is 0 Å². The highest BCUT2D eigenvalue weighted by Gasteiger charge is 1.95. The monoisotopic (exact) mass is 365 g/mol. The molecule has 0 aromatic heterocycles. The van der Waals surface area contributed by atoms with E-state index in [1.807, 2.05) is 0 Å². The van der Waals surface area contributed by atoms with Crippen LogP contribution in [0.4, 0.5) is 0 Å². The summed E-state index contributed by atoms with van der Waals surface area (Å²) in [6.45, 7) is 5.48. The summed E-state index contributed by atoms with van der Waals surface area (Å²) in [6, 6.07) is 0. The summed E-state index contributed by atoms with van der Waals surface area (Å²) in [5, 5.41) is 3.23. The summed E-state index contributed by atoms with van der Waals surface area (Å²) in [5.41, 5.74) is 0. The Bertz CT molecular complexity index is 259. The summed E-state index contributed by atoms with van der Waals surface area (Å²) >= 11 is 0. The second kappa shape index (κ2) is 24.5. The number of nitrogens with one attached hydrogen (secondary N) is 1. The van der Waals surface area contributed by atoms with Crippen LogP contribution < -0.4 is 5.32 Å². The zero-order valence-electron chi connectivity index (χ0n) is 18.5. The molecule has 0 saturated heterocycles. The van der Waals surface area contributed by atoms with E-state index < -0.39 is 0 Å². The fraction of sp³-hybridized carbons (Fsp3) is 0.920. The number of hydrogen-bond acceptors (Lipinski definition) is 1. The Kier molecular flexibility index (Phi) is 24.1. The molecule has 156 valence electrons. The fourth-order valence-electron chi connectivity index (χ4n) is 3.63. The van der Waals surface area contributed by atoms with Crippen molar-refractivity contribution in [2.24, 2.45) is 0 Å². The minimum absolute atomic E-state index is 1.04. The van der Waals surface area contributed by atoms with E-state index in [1.54, 1.807) is 0 Å². The van der Waals surface area contributed by atoms with Gasteiger partial charge in [0, 0.05) is 6.54 Å². The second-order valence-corrected chi connectivity index (χ2v) is 8.11. The first kappa shape index (κ1) is 25.5. The molecule has 26 heavy (non-hydrogen) atoms. The molecule has 1 N–H and O–H groups in total. The van der Waals surface area contributed by atoms with Gasteiger partial charge in [0.1, 0.15) is 0 Å². The Morgan fingerprint density at radius 1 is 0.462 bits per heavy atom. The van der Waals surface area contributed by atoms with Crippen LogP contribution in [0.15, 0.2) is 12.3 Å². The Morgan fingerprint density at radius 2 is 0.808 bits per heavy atom. The predicted molar refractivity (Wildman–Crippen MR) is 121 cm³/mol. The van der Waals surface area contributed by atoms with Crippen LogP contribution in [0.2, 0.25) is 0 Å². The number of allylic oxidation sites excluding steroid dienone is 1. The molecule has 0 amide bonds. The molecule has 0 saturated carbocycles. The molecule has 1 heteroatoms. The predicted octanol–water partition coefficient (Wildman–Crippen LogP) is 8.93. The van der Waals surface area contributed by atoms with Crippen LogP contribution >= 0.6 is 0 Å². The summed E-state index contributed by atoms with van der Waals surface area (Å²) in [5.74, 6) is 0. The Morgan fingerprint density at radius 3 is 1.15 bits per heavy atom. The zero-order valence-corrected chi connectivity index (χ0v) is 18.5. The van der Waals surface area contributed by atoms with Crippen molar-refractivity contribution in [3.63, 3.8) is 0 Å². The van der Waals surface area contributed by atoms with Crippen molar-refractivity contribution < 1.29 is 0 Å². The standard InChI is InChI=1S/C25H51N/c1-3-5-6-7-8-9-10-11-12-13-14-15-16-17-18-19-20-21-22-23-24-25-26-4-2/h24-26H,3-23H2,1-2H3/b25-24+. The topological polar surface area (TPSA) is 12.0 Å². The van der Waals surface area contributed by atoms with E-state index >= 15 is 0 Å². The Labute approximate surface area is 166 Å². The molecule has 0 aliphatic carbocycles. The SMILES string of the molecule is CCCCCCCCCCCCCCCCCCCCC/C=C/NCC. The molecule has 0 aromatic carbocycles. The molecule has 0 rings (SSSR count). The molecular weight excluding hydrogens is 314 g/mol. The van der Waals surface area contributed by atoms with Crippen molar-refractivity contribution in [2.45, 2.75) is 142 Å². The molecule has 0 heterocycles. The first-order valence-corrected chi connectivity index (χ1v) is 12.3. The van der Waals surface area contributed by atoms with Gasteiger partial charge < -0.3 is 5.32 Å².